The molecule has 0 radical (unpaired) electrons. The second-order valence-electron chi connectivity index (χ2n) is 6.15. The summed E-state index contributed by atoms with van der Waals surface area (Å²) in [5.74, 6) is -0.266. The number of rotatable bonds is 6. The molecule has 0 aliphatic carbocycles. The SMILES string of the molecule is COC(=O)c1ccc(NC(=O)CSc2c(C)nn(-c3ccccc3)c2C)cc1. The van der Waals surface area contributed by atoms with Crippen LogP contribution in [0.5, 0.6) is 0 Å². The minimum Gasteiger partial charge on any atom is -0.465 e. The largest absolute Gasteiger partial charge is 0.465 e. The molecule has 0 atom stereocenters. The first-order valence-corrected chi connectivity index (χ1v) is 9.71. The highest BCUT2D eigenvalue weighted by Gasteiger charge is 2.15. The third kappa shape index (κ3) is 4.43. The van der Waals surface area contributed by atoms with Crippen LogP contribution in [0.2, 0.25) is 0 Å². The molecule has 1 heterocycles. The molecule has 3 rings (SSSR count). The Kier molecular flexibility index (Phi) is 6.16. The lowest BCUT2D eigenvalue weighted by Gasteiger charge is -2.07. The summed E-state index contributed by atoms with van der Waals surface area (Å²) in [7, 11) is 1.33. The average molecular weight is 395 g/mol. The second-order valence-corrected chi connectivity index (χ2v) is 7.14. The molecule has 0 aliphatic heterocycles. The molecule has 2 aromatic carbocycles. The highest BCUT2D eigenvalue weighted by Crippen LogP contribution is 2.28. The van der Waals surface area contributed by atoms with Crippen molar-refractivity contribution in [3.8, 4) is 5.69 Å². The normalized spacial score (nSPS) is 10.5. The molecule has 0 bridgehead atoms. The lowest BCUT2D eigenvalue weighted by molar-refractivity contribution is -0.113. The third-order valence-corrected chi connectivity index (χ3v) is 5.45. The molecule has 7 heteroatoms. The second kappa shape index (κ2) is 8.75. The summed E-state index contributed by atoms with van der Waals surface area (Å²) >= 11 is 1.46. The molecular weight excluding hydrogens is 374 g/mol. The van der Waals surface area contributed by atoms with Crippen LogP contribution in [-0.4, -0.2) is 34.5 Å². The molecule has 6 nitrogen and oxygen atoms in total. The fraction of sp³-hybridized carbons (Fsp3) is 0.190. The number of hydrogen-bond donors (Lipinski definition) is 1. The zero-order valence-electron chi connectivity index (χ0n) is 15.9. The summed E-state index contributed by atoms with van der Waals surface area (Å²) < 4.78 is 6.55. The van der Waals surface area contributed by atoms with E-state index in [0.717, 1.165) is 22.0 Å². The van der Waals surface area contributed by atoms with Crippen molar-refractivity contribution >= 4 is 29.3 Å². The van der Waals surface area contributed by atoms with Gasteiger partial charge in [0.1, 0.15) is 0 Å². The number of nitrogens with one attached hydrogen (secondary N) is 1. The van der Waals surface area contributed by atoms with Gasteiger partial charge in [-0.25, -0.2) is 9.48 Å². The number of amides is 1. The van der Waals surface area contributed by atoms with Gasteiger partial charge in [0.05, 0.1) is 40.4 Å². The van der Waals surface area contributed by atoms with Crippen molar-refractivity contribution in [2.24, 2.45) is 0 Å². The number of thioether (sulfide) groups is 1. The summed E-state index contributed by atoms with van der Waals surface area (Å²) in [6, 6.07) is 16.5. The lowest BCUT2D eigenvalue weighted by Crippen LogP contribution is -2.14. The van der Waals surface area contributed by atoms with Gasteiger partial charge in [-0.1, -0.05) is 18.2 Å². The standard InChI is InChI=1S/C21H21N3O3S/c1-14-20(15(2)24(23-14)18-7-5-4-6-8-18)28-13-19(25)22-17-11-9-16(10-12-17)21(26)27-3/h4-12H,13H2,1-3H3,(H,22,25). The molecule has 0 unspecified atom stereocenters. The number of hydrogen-bond acceptors (Lipinski definition) is 5. The molecule has 0 saturated heterocycles. The van der Waals surface area contributed by atoms with Crippen LogP contribution < -0.4 is 5.32 Å². The van der Waals surface area contributed by atoms with Crippen molar-refractivity contribution in [3.63, 3.8) is 0 Å². The number of carbonyl (C=O) groups excluding carboxylic acids is 2. The maximum Gasteiger partial charge on any atom is 0.337 e. The van der Waals surface area contributed by atoms with E-state index in [-0.39, 0.29) is 11.7 Å². The summed E-state index contributed by atoms with van der Waals surface area (Å²) in [6.07, 6.45) is 0. The van der Waals surface area contributed by atoms with Crippen LogP contribution in [0.15, 0.2) is 59.5 Å². The maximum atomic E-state index is 12.3. The van der Waals surface area contributed by atoms with E-state index in [1.807, 2.05) is 48.9 Å². The molecule has 3 aromatic rings. The smallest absolute Gasteiger partial charge is 0.337 e. The van der Waals surface area contributed by atoms with E-state index in [2.05, 4.69) is 15.2 Å². The molecule has 0 aliphatic rings. The number of aryl methyl sites for hydroxylation is 1. The number of carbonyl (C=O) groups is 2. The lowest BCUT2D eigenvalue weighted by atomic mass is 10.2. The Morgan fingerprint density at radius 1 is 1.07 bits per heavy atom. The predicted molar refractivity (Wildman–Crippen MR) is 110 cm³/mol. The predicted octanol–water partition coefficient (Wildman–Crippen LogP) is 4.01. The zero-order chi connectivity index (χ0) is 20.1. The van der Waals surface area contributed by atoms with Crippen LogP contribution >= 0.6 is 11.8 Å². The van der Waals surface area contributed by atoms with E-state index < -0.39 is 5.97 Å². The molecule has 1 amide bonds. The van der Waals surface area contributed by atoms with Crippen LogP contribution in [-0.2, 0) is 9.53 Å². The minimum atomic E-state index is -0.408. The summed E-state index contributed by atoms with van der Waals surface area (Å²) in [5, 5.41) is 7.43. The summed E-state index contributed by atoms with van der Waals surface area (Å²) in [6.45, 7) is 3.94. The van der Waals surface area contributed by atoms with Crippen LogP contribution in [0.1, 0.15) is 21.7 Å². The minimum absolute atomic E-state index is 0.123. The number of nitrogens with zero attached hydrogens (tertiary/aromatic N) is 2. The molecule has 144 valence electrons. The Morgan fingerprint density at radius 3 is 2.39 bits per heavy atom. The van der Waals surface area contributed by atoms with E-state index in [0.29, 0.717) is 11.3 Å². The Bertz CT molecular complexity index is 982. The first kappa shape index (κ1) is 19.7. The first-order valence-electron chi connectivity index (χ1n) is 8.72. The van der Waals surface area contributed by atoms with Gasteiger partial charge in [-0.05, 0) is 50.2 Å². The number of benzene rings is 2. The molecule has 0 saturated carbocycles. The summed E-state index contributed by atoms with van der Waals surface area (Å²) in [5.41, 5.74) is 3.96. The highest BCUT2D eigenvalue weighted by molar-refractivity contribution is 8.00. The number of methoxy groups -OCH3 is 1. The van der Waals surface area contributed by atoms with Crippen LogP contribution in [0.25, 0.3) is 5.69 Å². The van der Waals surface area contributed by atoms with Crippen LogP contribution in [0, 0.1) is 13.8 Å². The van der Waals surface area contributed by atoms with E-state index in [1.54, 1.807) is 24.3 Å². The zero-order valence-corrected chi connectivity index (χ0v) is 16.7. The molecule has 28 heavy (non-hydrogen) atoms. The Morgan fingerprint density at radius 2 is 1.75 bits per heavy atom. The van der Waals surface area contributed by atoms with Gasteiger partial charge in [-0.15, -0.1) is 11.8 Å². The number of para-hydroxylation sites is 1. The Balaban J connectivity index is 1.63. The Labute approximate surface area is 167 Å². The topological polar surface area (TPSA) is 73.2 Å². The third-order valence-electron chi connectivity index (χ3n) is 4.16. The number of ether oxygens (including phenoxy) is 1. The maximum absolute atomic E-state index is 12.3. The fourth-order valence-electron chi connectivity index (χ4n) is 2.80. The quantitative estimate of drug-likeness (QED) is 0.504. The van der Waals surface area contributed by atoms with Gasteiger partial charge in [0, 0.05) is 5.69 Å². The monoisotopic (exact) mass is 395 g/mol. The summed E-state index contributed by atoms with van der Waals surface area (Å²) in [4.78, 5) is 24.8. The van der Waals surface area contributed by atoms with E-state index >= 15 is 0 Å². The Hall–Kier alpha value is -3.06. The van der Waals surface area contributed by atoms with E-state index in [9.17, 15) is 9.59 Å². The van der Waals surface area contributed by atoms with Crippen molar-refractivity contribution in [1.29, 1.82) is 0 Å². The molecule has 1 N–H and O–H groups in total. The number of anilines is 1. The number of esters is 1. The molecular formula is C21H21N3O3S. The number of aromatic nitrogens is 2. The van der Waals surface area contributed by atoms with Crippen molar-refractivity contribution in [3.05, 3.63) is 71.5 Å². The fourth-order valence-corrected chi connectivity index (χ4v) is 3.69. The van der Waals surface area contributed by atoms with Gasteiger partial charge in [-0.2, -0.15) is 5.10 Å². The van der Waals surface area contributed by atoms with E-state index in [4.69, 9.17) is 0 Å². The van der Waals surface area contributed by atoms with Crippen LogP contribution in [0.3, 0.4) is 0 Å². The molecule has 1 aromatic heterocycles. The van der Waals surface area contributed by atoms with Gasteiger partial charge in [0.25, 0.3) is 0 Å². The average Bonchev–Trinajstić information content (AvgIpc) is 3.00. The van der Waals surface area contributed by atoms with Gasteiger partial charge in [-0.3, -0.25) is 4.79 Å². The van der Waals surface area contributed by atoms with Crippen LogP contribution in [0.4, 0.5) is 5.69 Å². The van der Waals surface area contributed by atoms with Gasteiger partial charge in [0.15, 0.2) is 0 Å². The first-order chi connectivity index (χ1) is 13.5. The molecule has 0 spiro atoms. The highest BCUT2D eigenvalue weighted by atomic mass is 32.2. The van der Waals surface area contributed by atoms with Crippen molar-refractivity contribution in [2.45, 2.75) is 18.7 Å². The van der Waals surface area contributed by atoms with Gasteiger partial charge in [0.2, 0.25) is 5.91 Å². The van der Waals surface area contributed by atoms with Crippen molar-refractivity contribution < 1.29 is 14.3 Å². The molecule has 0 fully saturated rings. The van der Waals surface area contributed by atoms with Gasteiger partial charge >= 0.3 is 5.97 Å². The van der Waals surface area contributed by atoms with Crippen molar-refractivity contribution in [2.75, 3.05) is 18.2 Å². The van der Waals surface area contributed by atoms with E-state index in [1.165, 1.54) is 18.9 Å². The van der Waals surface area contributed by atoms with Gasteiger partial charge < -0.3 is 10.1 Å². The van der Waals surface area contributed by atoms with Crippen molar-refractivity contribution in [1.82, 2.24) is 9.78 Å².